The van der Waals surface area contributed by atoms with Crippen molar-refractivity contribution in [1.82, 2.24) is 14.6 Å². The van der Waals surface area contributed by atoms with Crippen molar-refractivity contribution >= 4 is 17.3 Å². The van der Waals surface area contributed by atoms with Crippen molar-refractivity contribution in [2.45, 2.75) is 32.4 Å². The van der Waals surface area contributed by atoms with Crippen LogP contribution in [-0.2, 0) is 11.3 Å². The summed E-state index contributed by atoms with van der Waals surface area (Å²) in [7, 11) is 0. The molecule has 2 aromatic heterocycles. The SMILES string of the molecule is CC(C)c1cnn2c(NCc3ccccc3F)cc(N[C@@H](CO)COCCO)nc12. The quantitative estimate of drug-likeness (QED) is 0.355. The minimum atomic E-state index is -0.392. The zero-order valence-corrected chi connectivity index (χ0v) is 17.2. The second-order valence-corrected chi connectivity index (χ2v) is 7.28. The third-order valence-corrected chi connectivity index (χ3v) is 4.67. The number of anilines is 2. The number of aromatic nitrogens is 3. The van der Waals surface area contributed by atoms with Gasteiger partial charge in [0.1, 0.15) is 17.5 Å². The molecule has 2 heterocycles. The van der Waals surface area contributed by atoms with E-state index < -0.39 is 6.04 Å². The van der Waals surface area contributed by atoms with Gasteiger partial charge in [-0.05, 0) is 12.0 Å². The summed E-state index contributed by atoms with van der Waals surface area (Å²) >= 11 is 0. The van der Waals surface area contributed by atoms with Gasteiger partial charge in [-0.25, -0.2) is 9.37 Å². The highest BCUT2D eigenvalue weighted by Crippen LogP contribution is 2.25. The van der Waals surface area contributed by atoms with Gasteiger partial charge in [0.2, 0.25) is 0 Å². The van der Waals surface area contributed by atoms with Crippen molar-refractivity contribution in [3.8, 4) is 0 Å². The van der Waals surface area contributed by atoms with E-state index in [0.717, 1.165) is 5.56 Å². The Balaban J connectivity index is 1.89. The first-order valence-electron chi connectivity index (χ1n) is 9.95. The van der Waals surface area contributed by atoms with Crippen molar-refractivity contribution in [1.29, 1.82) is 0 Å². The maximum absolute atomic E-state index is 14.0. The van der Waals surface area contributed by atoms with Gasteiger partial charge in [0.05, 0.1) is 38.7 Å². The number of nitrogens with zero attached hydrogens (tertiary/aromatic N) is 3. The van der Waals surface area contributed by atoms with Gasteiger partial charge in [0.25, 0.3) is 0 Å². The number of rotatable bonds is 11. The van der Waals surface area contributed by atoms with E-state index in [1.165, 1.54) is 6.07 Å². The second kappa shape index (κ2) is 10.3. The Kier molecular flexibility index (Phi) is 7.56. The molecule has 1 aromatic carbocycles. The highest BCUT2D eigenvalue weighted by atomic mass is 19.1. The molecule has 3 aromatic rings. The normalized spacial score (nSPS) is 12.5. The average Bonchev–Trinajstić information content (AvgIpc) is 3.17. The van der Waals surface area contributed by atoms with Gasteiger partial charge in [-0.3, -0.25) is 0 Å². The fraction of sp³-hybridized carbons (Fsp3) is 0.429. The van der Waals surface area contributed by atoms with Gasteiger partial charge in [-0.2, -0.15) is 9.61 Å². The molecule has 8 nitrogen and oxygen atoms in total. The minimum Gasteiger partial charge on any atom is -0.394 e. The largest absolute Gasteiger partial charge is 0.394 e. The lowest BCUT2D eigenvalue weighted by Crippen LogP contribution is -2.30. The van der Waals surface area contributed by atoms with E-state index in [1.54, 1.807) is 35.0 Å². The predicted molar refractivity (Wildman–Crippen MR) is 113 cm³/mol. The first-order chi connectivity index (χ1) is 14.5. The number of aliphatic hydroxyl groups excluding tert-OH is 2. The maximum atomic E-state index is 14.0. The minimum absolute atomic E-state index is 0.0833. The van der Waals surface area contributed by atoms with Crippen molar-refractivity contribution in [3.63, 3.8) is 0 Å². The molecule has 0 aliphatic heterocycles. The number of hydrogen-bond acceptors (Lipinski definition) is 7. The van der Waals surface area contributed by atoms with Crippen LogP contribution in [0, 0.1) is 5.82 Å². The summed E-state index contributed by atoms with van der Waals surface area (Å²) in [5, 5.41) is 29.4. The van der Waals surface area contributed by atoms with Gasteiger partial charge < -0.3 is 25.6 Å². The maximum Gasteiger partial charge on any atom is 0.163 e. The second-order valence-electron chi connectivity index (χ2n) is 7.28. The Hall–Kier alpha value is -2.75. The van der Waals surface area contributed by atoms with Crippen LogP contribution in [0.25, 0.3) is 5.65 Å². The lowest BCUT2D eigenvalue weighted by atomic mass is 10.1. The van der Waals surface area contributed by atoms with E-state index in [1.807, 2.05) is 0 Å². The molecule has 0 amide bonds. The lowest BCUT2D eigenvalue weighted by Gasteiger charge is -2.18. The molecular weight excluding hydrogens is 389 g/mol. The number of aliphatic hydroxyl groups is 2. The third-order valence-electron chi connectivity index (χ3n) is 4.67. The van der Waals surface area contributed by atoms with Gasteiger partial charge >= 0.3 is 0 Å². The highest BCUT2D eigenvalue weighted by molar-refractivity contribution is 5.61. The highest BCUT2D eigenvalue weighted by Gasteiger charge is 2.16. The van der Waals surface area contributed by atoms with Crippen LogP contribution in [0.5, 0.6) is 0 Å². The monoisotopic (exact) mass is 417 g/mol. The summed E-state index contributed by atoms with van der Waals surface area (Å²) in [5.41, 5.74) is 2.20. The molecule has 3 rings (SSSR count). The summed E-state index contributed by atoms with van der Waals surface area (Å²) in [5.74, 6) is 1.11. The lowest BCUT2D eigenvalue weighted by molar-refractivity contribution is 0.0751. The van der Waals surface area contributed by atoms with Crippen molar-refractivity contribution < 1.29 is 19.3 Å². The van der Waals surface area contributed by atoms with E-state index in [4.69, 9.17) is 9.84 Å². The van der Waals surface area contributed by atoms with Gasteiger partial charge in [0, 0.05) is 23.7 Å². The van der Waals surface area contributed by atoms with Crippen molar-refractivity contribution in [2.75, 3.05) is 37.1 Å². The van der Waals surface area contributed by atoms with Crippen LogP contribution in [0.1, 0.15) is 30.9 Å². The molecule has 0 spiro atoms. The molecule has 30 heavy (non-hydrogen) atoms. The summed E-state index contributed by atoms with van der Waals surface area (Å²) in [6.07, 6.45) is 1.78. The molecule has 0 unspecified atom stereocenters. The van der Waals surface area contributed by atoms with E-state index in [2.05, 4.69) is 34.6 Å². The standard InChI is InChI=1S/C21H28FN5O3/c1-14(2)17-11-24-27-20(23-10-15-5-3-4-6-18(15)22)9-19(26-21(17)27)25-16(12-29)13-30-8-7-28/h3-6,9,11,14,16,23,28-29H,7-8,10,12-13H2,1-2H3,(H,25,26)/t16-/m0/s1. The summed E-state index contributed by atoms with van der Waals surface area (Å²) in [6, 6.07) is 7.97. The summed E-state index contributed by atoms with van der Waals surface area (Å²) in [6.45, 7) is 4.57. The third kappa shape index (κ3) is 5.24. The summed E-state index contributed by atoms with van der Waals surface area (Å²) in [4.78, 5) is 4.66. The Bertz CT molecular complexity index is 963. The Labute approximate surface area is 174 Å². The molecular formula is C21H28FN5O3. The predicted octanol–water partition coefficient (Wildman–Crippen LogP) is 2.39. The molecule has 1 atom stereocenters. The number of ether oxygens (including phenoxy) is 1. The van der Waals surface area contributed by atoms with Gasteiger partial charge in [-0.1, -0.05) is 32.0 Å². The van der Waals surface area contributed by atoms with E-state index in [9.17, 15) is 9.50 Å². The van der Waals surface area contributed by atoms with E-state index in [0.29, 0.717) is 22.8 Å². The fourth-order valence-electron chi connectivity index (χ4n) is 3.05. The van der Waals surface area contributed by atoms with E-state index >= 15 is 0 Å². The first-order valence-corrected chi connectivity index (χ1v) is 9.95. The van der Waals surface area contributed by atoms with Crippen LogP contribution in [0.15, 0.2) is 36.5 Å². The number of fused-ring (bicyclic) bond motifs is 1. The average molecular weight is 417 g/mol. The molecule has 0 saturated heterocycles. The van der Waals surface area contributed by atoms with Crippen LogP contribution in [0.4, 0.5) is 16.0 Å². The van der Waals surface area contributed by atoms with Crippen LogP contribution in [-0.4, -0.2) is 57.3 Å². The zero-order valence-electron chi connectivity index (χ0n) is 17.2. The molecule has 0 fully saturated rings. The number of benzene rings is 1. The van der Waals surface area contributed by atoms with Crippen LogP contribution in [0.2, 0.25) is 0 Å². The topological polar surface area (TPSA) is 104 Å². The summed E-state index contributed by atoms with van der Waals surface area (Å²) < 4.78 is 21.0. The number of halogens is 1. The molecule has 4 N–H and O–H groups in total. The Morgan fingerprint density at radius 3 is 2.73 bits per heavy atom. The van der Waals surface area contributed by atoms with Crippen molar-refractivity contribution in [3.05, 3.63) is 53.5 Å². The Morgan fingerprint density at radius 2 is 2.03 bits per heavy atom. The first kappa shape index (κ1) is 21.9. The number of nitrogens with one attached hydrogen (secondary N) is 2. The van der Waals surface area contributed by atoms with Crippen LogP contribution in [0.3, 0.4) is 0 Å². The smallest absolute Gasteiger partial charge is 0.163 e. The molecule has 0 saturated carbocycles. The molecule has 0 aliphatic rings. The molecule has 162 valence electrons. The molecule has 0 aliphatic carbocycles. The van der Waals surface area contributed by atoms with Crippen LogP contribution < -0.4 is 10.6 Å². The van der Waals surface area contributed by atoms with Crippen LogP contribution >= 0.6 is 0 Å². The Morgan fingerprint density at radius 1 is 1.23 bits per heavy atom. The number of hydrogen-bond donors (Lipinski definition) is 4. The van der Waals surface area contributed by atoms with E-state index in [-0.39, 0.29) is 44.7 Å². The molecule has 0 bridgehead atoms. The van der Waals surface area contributed by atoms with Crippen molar-refractivity contribution in [2.24, 2.45) is 0 Å². The van der Waals surface area contributed by atoms with Gasteiger partial charge in [-0.15, -0.1) is 0 Å². The molecule has 0 radical (unpaired) electrons. The fourth-order valence-corrected chi connectivity index (χ4v) is 3.05. The molecule has 9 heteroatoms. The zero-order chi connectivity index (χ0) is 21.5. The van der Waals surface area contributed by atoms with Gasteiger partial charge in [0.15, 0.2) is 5.65 Å².